The van der Waals surface area contributed by atoms with Gasteiger partial charge in [-0.15, -0.1) is 0 Å². The third kappa shape index (κ3) is 37.8. The molecule has 0 aromatic rings. The molecule has 0 aromatic carbocycles. The van der Waals surface area contributed by atoms with E-state index in [9.17, 15) is 54.6 Å². The Labute approximate surface area is 535 Å². The van der Waals surface area contributed by atoms with Crippen LogP contribution in [0.15, 0.2) is 33.7 Å². The number of ether oxygens (including phenoxy) is 15. The summed E-state index contributed by atoms with van der Waals surface area (Å²) >= 11 is 0. The van der Waals surface area contributed by atoms with Crippen molar-refractivity contribution in [1.29, 1.82) is 0 Å². The van der Waals surface area contributed by atoms with Crippen molar-refractivity contribution in [2.24, 2.45) is 38.8 Å². The highest BCUT2D eigenvalue weighted by molar-refractivity contribution is 5.86. The molecule has 92 heavy (non-hydrogen) atoms. The van der Waals surface area contributed by atoms with E-state index in [-0.39, 0.29) is 45.5 Å². The number of carbonyl (C=O) groups excluding carboxylic acids is 3. The molecule has 36 heteroatoms. The predicted octanol–water partition coefficient (Wildman–Crippen LogP) is -6.25. The summed E-state index contributed by atoms with van der Waals surface area (Å²) in [5.41, 5.74) is 22.2. The molecule has 0 saturated heterocycles. The lowest BCUT2D eigenvalue weighted by Gasteiger charge is -2.40. The van der Waals surface area contributed by atoms with Gasteiger partial charge in [-0.25, -0.2) is 19.6 Å². The number of guanidine groups is 2. The Hall–Kier alpha value is -5.75. The fourth-order valence-electron chi connectivity index (χ4n) is 8.56. The minimum absolute atomic E-state index is 0.0157. The highest BCUT2D eigenvalue weighted by Crippen LogP contribution is 2.31. The van der Waals surface area contributed by atoms with Crippen LogP contribution in [0.25, 0.3) is 0 Å². The molecule has 10 atom stereocenters. The van der Waals surface area contributed by atoms with Gasteiger partial charge in [-0.05, 0) is 18.6 Å². The summed E-state index contributed by atoms with van der Waals surface area (Å²) in [5, 5.41) is 68.1. The van der Waals surface area contributed by atoms with E-state index in [4.69, 9.17) is 94.0 Å². The topological polar surface area (TPSA) is 513 Å². The number of rotatable bonds is 58. The molecule has 3 amide bonds. The van der Waals surface area contributed by atoms with Gasteiger partial charge in [0.25, 0.3) is 0 Å². The van der Waals surface area contributed by atoms with Crippen molar-refractivity contribution in [3.63, 3.8) is 0 Å². The summed E-state index contributed by atoms with van der Waals surface area (Å²) in [4.78, 5) is 71.7. The van der Waals surface area contributed by atoms with Gasteiger partial charge in [0.15, 0.2) is 18.0 Å². The number of aliphatic carboxylic acids is 2. The lowest BCUT2D eigenvalue weighted by molar-refractivity contribution is -0.160. The van der Waals surface area contributed by atoms with Crippen molar-refractivity contribution in [2.45, 2.75) is 81.9 Å². The summed E-state index contributed by atoms with van der Waals surface area (Å²) < 4.78 is 83.9. The van der Waals surface area contributed by atoms with Crippen LogP contribution in [-0.2, 0) is 95.0 Å². The van der Waals surface area contributed by atoms with Crippen molar-refractivity contribution in [3.05, 3.63) is 23.7 Å². The predicted molar refractivity (Wildman–Crippen MR) is 325 cm³/mol. The number of nitrogens with one attached hydrogen (secondary N) is 3. The second kappa shape index (κ2) is 51.6. The van der Waals surface area contributed by atoms with Gasteiger partial charge in [0, 0.05) is 52.2 Å². The molecular weight excluding hydrogens is 1230 g/mol. The molecule has 0 aliphatic carbocycles. The molecule has 0 radical (unpaired) electrons. The van der Waals surface area contributed by atoms with Crippen molar-refractivity contribution in [2.75, 3.05) is 205 Å². The highest BCUT2D eigenvalue weighted by atomic mass is 16.6. The van der Waals surface area contributed by atoms with Gasteiger partial charge in [0.1, 0.15) is 43.7 Å². The van der Waals surface area contributed by atoms with Crippen LogP contribution in [0.1, 0.15) is 27.2 Å². The van der Waals surface area contributed by atoms with Gasteiger partial charge >= 0.3 is 11.9 Å². The number of hydrogen-bond donors (Lipinski definition) is 13. The van der Waals surface area contributed by atoms with Crippen LogP contribution in [0.3, 0.4) is 0 Å². The maximum Gasteiger partial charge on any atom is 0.370 e. The molecule has 0 bridgehead atoms. The van der Waals surface area contributed by atoms with E-state index in [1.54, 1.807) is 6.92 Å². The van der Waals surface area contributed by atoms with Crippen molar-refractivity contribution < 1.29 is 126 Å². The standard InChI is InChI=1S/C56H102N10O26/c1-4-10-78-16-18-82-20-22-84-24-26-86-28-30-88-31-29-87-27-25-85-23-21-83-19-17-81-15-9-66(7-13-79-11-5-61-46(72)36-89-50(42(70)34-67)49-38(2)40(64-55(57)58)32-44(91-49)53(74)75)8-14-80-12-6-62-47(73)37-90-51(43(71)35-68)52-48(63-39(3)69)41(65-56(59)60)33-45(92-52)54(76)77/h32-33,38,40-43,48-52,67-68,70-71H,4-31,34-37H2,1-3H3,(H,61,72)(H,62,73)(H,63,69)(H,74,75)(H,76,77)(H4,57,58,64)(H4,59,60,65)/t38-,40+,41+,42-,43-,48-,49-,50-,51-,52-/m1/s1. The molecule has 2 rings (SSSR count). The minimum Gasteiger partial charge on any atom is -0.480 e. The summed E-state index contributed by atoms with van der Waals surface area (Å²) in [6.07, 6.45) is -5.68. The van der Waals surface area contributed by atoms with Crippen LogP contribution in [0, 0.1) is 5.92 Å². The molecule has 0 spiro atoms. The molecule has 2 heterocycles. The Bertz CT molecular complexity index is 2150. The fourth-order valence-corrected chi connectivity index (χ4v) is 8.56. The van der Waals surface area contributed by atoms with Crippen LogP contribution in [0.5, 0.6) is 0 Å². The van der Waals surface area contributed by atoms with Crippen molar-refractivity contribution in [3.8, 4) is 0 Å². The van der Waals surface area contributed by atoms with Gasteiger partial charge in [-0.1, -0.05) is 13.8 Å². The van der Waals surface area contributed by atoms with Crippen molar-refractivity contribution in [1.82, 2.24) is 20.9 Å². The molecule has 532 valence electrons. The summed E-state index contributed by atoms with van der Waals surface area (Å²) in [5.74, 6) is -7.40. The Morgan fingerprint density at radius 1 is 0.522 bits per heavy atom. The molecule has 2 aliphatic rings. The van der Waals surface area contributed by atoms with E-state index in [2.05, 4.69) is 32.9 Å². The number of nitrogens with zero attached hydrogens (tertiary/aromatic N) is 3. The quantitative estimate of drug-likeness (QED) is 0.0153. The normalized spacial score (nSPS) is 19.3. The van der Waals surface area contributed by atoms with Gasteiger partial charge in [0.2, 0.25) is 29.2 Å². The van der Waals surface area contributed by atoms with Gasteiger partial charge in [0.05, 0.1) is 170 Å². The fraction of sp³-hybridized carbons (Fsp3) is 0.804. The number of amides is 3. The zero-order chi connectivity index (χ0) is 67.7. The van der Waals surface area contributed by atoms with Crippen molar-refractivity contribution >= 4 is 41.6 Å². The first kappa shape index (κ1) is 82.3. The summed E-state index contributed by atoms with van der Waals surface area (Å²) in [6, 6.07) is -3.28. The third-order valence-corrected chi connectivity index (χ3v) is 13.0. The zero-order valence-electron chi connectivity index (χ0n) is 53.1. The Balaban J connectivity index is 1.80. The number of aliphatic hydroxyl groups excluding tert-OH is 4. The lowest BCUT2D eigenvalue weighted by Crippen LogP contribution is -2.60. The number of carboxylic acids is 2. The SMILES string of the molecule is CCCOCCOCCOCCOCCOCCOCCOCCOCCOCCN(CCOCCNC(=O)CO[C@@H]([C@@H]1OC(C(=O)O)=C[C@H](N=C(N)N)[C@H]1C)[C@H](O)CO)CCOCCNC(=O)CO[C@@H]([C@@H]1OC(C(=O)O)=C[C@H](N=C(N)N)[C@H]1NC(C)=O)[C@H](O)CO. The summed E-state index contributed by atoms with van der Waals surface area (Å²) in [6.45, 7) is 11.7. The second-order valence-electron chi connectivity index (χ2n) is 20.3. The number of nitrogens with two attached hydrogens (primary N) is 4. The maximum absolute atomic E-state index is 12.9. The average molecular weight is 1330 g/mol. The number of carbonyl (C=O) groups is 5. The van der Waals surface area contributed by atoms with Crippen LogP contribution in [0.4, 0.5) is 0 Å². The first-order valence-corrected chi connectivity index (χ1v) is 30.4. The molecule has 0 saturated carbocycles. The number of aliphatic hydroxyl groups is 4. The second-order valence-corrected chi connectivity index (χ2v) is 20.3. The van der Waals surface area contributed by atoms with E-state index in [1.165, 1.54) is 13.0 Å². The van der Waals surface area contributed by atoms with E-state index in [0.29, 0.717) is 132 Å². The smallest absolute Gasteiger partial charge is 0.370 e. The first-order chi connectivity index (χ1) is 44.3. The molecule has 2 aliphatic heterocycles. The summed E-state index contributed by atoms with van der Waals surface area (Å²) in [7, 11) is 0. The van der Waals surface area contributed by atoms with E-state index >= 15 is 0 Å². The largest absolute Gasteiger partial charge is 0.480 e. The number of hydrogen-bond acceptors (Lipinski definition) is 27. The Morgan fingerprint density at radius 3 is 1.20 bits per heavy atom. The van der Waals surface area contributed by atoms with E-state index in [1.807, 2.05) is 4.90 Å². The average Bonchev–Trinajstić information content (AvgIpc) is 0.823. The molecular formula is C56H102N10O26. The third-order valence-electron chi connectivity index (χ3n) is 13.0. The highest BCUT2D eigenvalue weighted by Gasteiger charge is 2.46. The first-order valence-electron chi connectivity index (χ1n) is 30.4. The molecule has 36 nitrogen and oxygen atoms in total. The monoisotopic (exact) mass is 1330 g/mol. The van der Waals surface area contributed by atoms with E-state index < -0.39 is 134 Å². The Kier molecular flexibility index (Phi) is 46.2. The van der Waals surface area contributed by atoms with Gasteiger partial charge < -0.3 is 141 Å². The van der Waals surface area contributed by atoms with Crippen LogP contribution in [-0.4, -0.2) is 336 Å². The number of carboxylic acid groups (broad SMARTS) is 2. The van der Waals surface area contributed by atoms with Gasteiger partial charge in [-0.2, -0.15) is 0 Å². The zero-order valence-corrected chi connectivity index (χ0v) is 53.1. The minimum atomic E-state index is -1.72. The molecule has 0 aromatic heterocycles. The molecule has 0 unspecified atom stereocenters. The van der Waals surface area contributed by atoms with E-state index in [0.717, 1.165) is 19.1 Å². The maximum atomic E-state index is 12.9. The van der Waals surface area contributed by atoms with Crippen LogP contribution >= 0.6 is 0 Å². The van der Waals surface area contributed by atoms with Crippen LogP contribution < -0.4 is 38.9 Å². The molecule has 0 fully saturated rings. The lowest BCUT2D eigenvalue weighted by atomic mass is 9.87. The van der Waals surface area contributed by atoms with Gasteiger partial charge in [-0.3, -0.25) is 19.3 Å². The Morgan fingerprint density at radius 2 is 0.848 bits per heavy atom. The number of aliphatic imine (C=N–C) groups is 2. The molecule has 17 N–H and O–H groups in total. The van der Waals surface area contributed by atoms with Crippen LogP contribution in [0.2, 0.25) is 0 Å².